The molecule has 5 N–H and O–H groups in total. The van der Waals surface area contributed by atoms with Crippen molar-refractivity contribution < 1.29 is 14.5 Å². The van der Waals surface area contributed by atoms with E-state index in [1.54, 1.807) is 0 Å². The lowest BCUT2D eigenvalue weighted by Crippen LogP contribution is -2.44. The molecular weight excluding hydrogens is 338 g/mol. The summed E-state index contributed by atoms with van der Waals surface area (Å²) in [6.07, 6.45) is 0. The van der Waals surface area contributed by atoms with Gasteiger partial charge in [0.1, 0.15) is 5.69 Å². The zero-order valence-corrected chi connectivity index (χ0v) is 14.3. The van der Waals surface area contributed by atoms with Crippen molar-refractivity contribution in [1.29, 1.82) is 0 Å². The number of nitrogens with two attached hydrogens (primary N) is 1. The number of hydrazine groups is 1. The molecular formula is C17H19N5O4. The maximum Gasteiger partial charge on any atom is 0.292 e. The Balaban J connectivity index is 1.89. The first-order valence-corrected chi connectivity index (χ1v) is 7.72. The van der Waals surface area contributed by atoms with Crippen molar-refractivity contribution in [1.82, 2.24) is 10.9 Å². The summed E-state index contributed by atoms with van der Waals surface area (Å²) in [4.78, 5) is 34.0. The van der Waals surface area contributed by atoms with Crippen LogP contribution in [-0.2, 0) is 4.79 Å². The smallest absolute Gasteiger partial charge is 0.292 e. The van der Waals surface area contributed by atoms with Gasteiger partial charge in [0.15, 0.2) is 0 Å². The fourth-order valence-electron chi connectivity index (χ4n) is 2.27. The fraction of sp³-hybridized carbons (Fsp3) is 0.176. The average molecular weight is 357 g/mol. The highest BCUT2D eigenvalue weighted by molar-refractivity contribution is 5.97. The van der Waals surface area contributed by atoms with E-state index in [-0.39, 0.29) is 23.5 Å². The largest absolute Gasteiger partial charge is 0.393 e. The van der Waals surface area contributed by atoms with E-state index in [0.717, 1.165) is 22.9 Å². The molecule has 2 amide bonds. The second-order valence-corrected chi connectivity index (χ2v) is 5.70. The molecule has 0 bridgehead atoms. The molecule has 0 spiro atoms. The van der Waals surface area contributed by atoms with Gasteiger partial charge in [0.05, 0.1) is 11.5 Å². The fourth-order valence-corrected chi connectivity index (χ4v) is 2.27. The number of nitro benzene ring substituents is 1. The zero-order chi connectivity index (χ0) is 19.3. The van der Waals surface area contributed by atoms with E-state index in [1.807, 2.05) is 32.0 Å². The van der Waals surface area contributed by atoms with Crippen LogP contribution in [0, 0.1) is 24.0 Å². The average Bonchev–Trinajstić information content (AvgIpc) is 2.59. The second kappa shape index (κ2) is 7.97. The minimum absolute atomic E-state index is 0.00791. The third-order valence-corrected chi connectivity index (χ3v) is 3.63. The topological polar surface area (TPSA) is 139 Å². The van der Waals surface area contributed by atoms with Gasteiger partial charge in [-0.2, -0.15) is 0 Å². The van der Waals surface area contributed by atoms with E-state index in [9.17, 15) is 19.7 Å². The first-order valence-electron chi connectivity index (χ1n) is 7.72. The van der Waals surface area contributed by atoms with Crippen molar-refractivity contribution in [3.63, 3.8) is 0 Å². The Morgan fingerprint density at radius 1 is 1.12 bits per heavy atom. The summed E-state index contributed by atoms with van der Waals surface area (Å²) in [5.41, 5.74) is 12.4. The van der Waals surface area contributed by atoms with E-state index >= 15 is 0 Å². The van der Waals surface area contributed by atoms with Crippen molar-refractivity contribution in [3.05, 3.63) is 63.2 Å². The van der Waals surface area contributed by atoms with Crippen LogP contribution in [0.25, 0.3) is 0 Å². The molecule has 0 aliphatic rings. The number of nitrogens with zero attached hydrogens (tertiary/aromatic N) is 1. The highest BCUT2D eigenvalue weighted by Crippen LogP contribution is 2.22. The number of rotatable bonds is 5. The van der Waals surface area contributed by atoms with Crippen molar-refractivity contribution in [2.24, 2.45) is 0 Å². The molecule has 0 atom stereocenters. The van der Waals surface area contributed by atoms with E-state index in [4.69, 9.17) is 5.73 Å². The predicted octanol–water partition coefficient (Wildman–Crippen LogP) is 1.67. The molecule has 0 saturated heterocycles. The third-order valence-electron chi connectivity index (χ3n) is 3.63. The van der Waals surface area contributed by atoms with Gasteiger partial charge < -0.3 is 11.1 Å². The minimum atomic E-state index is -0.687. The summed E-state index contributed by atoms with van der Waals surface area (Å²) < 4.78 is 0. The Labute approximate surface area is 149 Å². The van der Waals surface area contributed by atoms with Crippen LogP contribution in [0.2, 0.25) is 0 Å². The van der Waals surface area contributed by atoms with Crippen molar-refractivity contribution >= 4 is 28.9 Å². The highest BCUT2D eigenvalue weighted by atomic mass is 16.6. The van der Waals surface area contributed by atoms with Gasteiger partial charge in [-0.25, -0.2) is 0 Å². The molecule has 0 radical (unpaired) electrons. The normalized spacial score (nSPS) is 10.1. The number of carbonyl (C=O) groups excluding carboxylic acids is 2. The van der Waals surface area contributed by atoms with Crippen LogP contribution in [0.4, 0.5) is 17.1 Å². The molecule has 2 aromatic rings. The van der Waals surface area contributed by atoms with Crippen LogP contribution in [0.1, 0.15) is 21.5 Å². The lowest BCUT2D eigenvalue weighted by atomic mass is 10.1. The molecule has 0 unspecified atom stereocenters. The summed E-state index contributed by atoms with van der Waals surface area (Å²) in [6.45, 7) is 3.84. The molecule has 0 heterocycles. The van der Waals surface area contributed by atoms with Crippen LogP contribution >= 0.6 is 0 Å². The number of aryl methyl sites for hydroxylation is 2. The van der Waals surface area contributed by atoms with Crippen LogP contribution in [0.5, 0.6) is 0 Å². The third kappa shape index (κ3) is 4.69. The summed E-state index contributed by atoms with van der Waals surface area (Å²) in [5, 5.41) is 13.8. The monoisotopic (exact) mass is 357 g/mol. The lowest BCUT2D eigenvalue weighted by Gasteiger charge is -2.11. The van der Waals surface area contributed by atoms with Gasteiger partial charge in [-0.3, -0.25) is 30.6 Å². The number of amides is 2. The number of nitro groups is 1. The zero-order valence-electron chi connectivity index (χ0n) is 14.3. The molecule has 0 aliphatic heterocycles. The Morgan fingerprint density at radius 3 is 2.50 bits per heavy atom. The van der Waals surface area contributed by atoms with Gasteiger partial charge in [-0.1, -0.05) is 17.7 Å². The number of hydrogen-bond donors (Lipinski definition) is 4. The van der Waals surface area contributed by atoms with Crippen LogP contribution < -0.4 is 21.9 Å². The molecule has 2 rings (SSSR count). The molecule has 0 aromatic heterocycles. The molecule has 9 nitrogen and oxygen atoms in total. The van der Waals surface area contributed by atoms with E-state index in [2.05, 4.69) is 16.2 Å². The van der Waals surface area contributed by atoms with Gasteiger partial charge in [0, 0.05) is 17.3 Å². The van der Waals surface area contributed by atoms with Crippen LogP contribution in [-0.4, -0.2) is 23.3 Å². The Kier molecular flexibility index (Phi) is 5.74. The van der Waals surface area contributed by atoms with Crippen LogP contribution in [0.15, 0.2) is 36.4 Å². The van der Waals surface area contributed by atoms with E-state index in [0.29, 0.717) is 0 Å². The van der Waals surface area contributed by atoms with E-state index < -0.39 is 16.7 Å². The first kappa shape index (κ1) is 18.7. The van der Waals surface area contributed by atoms with Crippen molar-refractivity contribution in [2.45, 2.75) is 13.8 Å². The Bertz CT molecular complexity index is 866. The maximum absolute atomic E-state index is 12.0. The van der Waals surface area contributed by atoms with Gasteiger partial charge in [-0.05, 0) is 37.6 Å². The van der Waals surface area contributed by atoms with Gasteiger partial charge >= 0.3 is 0 Å². The summed E-state index contributed by atoms with van der Waals surface area (Å²) in [5.74, 6) is -1.16. The van der Waals surface area contributed by atoms with Crippen molar-refractivity contribution in [2.75, 3.05) is 17.6 Å². The second-order valence-electron chi connectivity index (χ2n) is 5.70. The lowest BCUT2D eigenvalue weighted by molar-refractivity contribution is -0.383. The summed E-state index contributed by atoms with van der Waals surface area (Å²) >= 11 is 0. The number of hydrogen-bond acceptors (Lipinski definition) is 6. The highest BCUT2D eigenvalue weighted by Gasteiger charge is 2.16. The number of nitrogens with one attached hydrogen (secondary N) is 3. The number of benzene rings is 2. The summed E-state index contributed by atoms with van der Waals surface area (Å²) in [6, 6.07) is 9.40. The standard InChI is InChI=1S/C17H19N5O4/c1-10-3-6-14(11(2)7-10)19-9-16(23)20-21-17(24)12-4-5-13(18)15(8-12)22(25)26/h3-8,19H,9,18H2,1-2H3,(H,20,23)(H,21,24). The van der Waals surface area contributed by atoms with Crippen molar-refractivity contribution in [3.8, 4) is 0 Å². The number of anilines is 2. The van der Waals surface area contributed by atoms with Gasteiger partial charge in [0.25, 0.3) is 17.5 Å². The molecule has 26 heavy (non-hydrogen) atoms. The van der Waals surface area contributed by atoms with E-state index in [1.165, 1.54) is 12.1 Å². The Hall–Kier alpha value is -3.62. The van der Waals surface area contributed by atoms with Crippen LogP contribution in [0.3, 0.4) is 0 Å². The molecule has 0 aliphatic carbocycles. The SMILES string of the molecule is Cc1ccc(NCC(=O)NNC(=O)c2ccc(N)c([N+](=O)[O-])c2)c(C)c1. The van der Waals surface area contributed by atoms with Gasteiger partial charge in [-0.15, -0.1) is 0 Å². The first-order chi connectivity index (χ1) is 12.3. The quantitative estimate of drug-likeness (QED) is 0.364. The predicted molar refractivity (Wildman–Crippen MR) is 97.5 cm³/mol. The minimum Gasteiger partial charge on any atom is -0.393 e. The van der Waals surface area contributed by atoms with Gasteiger partial charge in [0.2, 0.25) is 0 Å². The summed E-state index contributed by atoms with van der Waals surface area (Å²) in [7, 11) is 0. The number of carbonyl (C=O) groups is 2. The molecule has 0 saturated carbocycles. The molecule has 9 heteroatoms. The molecule has 2 aromatic carbocycles. The maximum atomic E-state index is 12.0. The molecule has 0 fully saturated rings. The molecule has 136 valence electrons. The number of nitrogen functional groups attached to an aromatic ring is 1. The Morgan fingerprint density at radius 2 is 1.85 bits per heavy atom.